The van der Waals surface area contributed by atoms with Crippen molar-refractivity contribution in [2.24, 2.45) is 0 Å². The molecule has 2 aromatic heterocycles. The molecule has 0 amide bonds. The predicted octanol–water partition coefficient (Wildman–Crippen LogP) is 2.69. The molecule has 116 valence electrons. The van der Waals surface area contributed by atoms with Gasteiger partial charge in [0.1, 0.15) is 5.82 Å². The lowest BCUT2D eigenvalue weighted by Crippen LogP contribution is -2.03. The van der Waals surface area contributed by atoms with Crippen LogP contribution in [-0.4, -0.2) is 31.5 Å². The highest BCUT2D eigenvalue weighted by molar-refractivity contribution is 5.97. The molecule has 0 aliphatic carbocycles. The first-order chi connectivity index (χ1) is 11.0. The molecule has 6 nitrogen and oxygen atoms in total. The van der Waals surface area contributed by atoms with E-state index in [1.165, 1.54) is 11.5 Å². The Balaban J connectivity index is 2.18. The number of hydrogen-bond donors (Lipinski definition) is 1. The van der Waals surface area contributed by atoms with Crippen LogP contribution in [0, 0.1) is 6.92 Å². The summed E-state index contributed by atoms with van der Waals surface area (Å²) in [5.74, 6) is -0.404. The number of aryl methyl sites for hydroxylation is 1. The van der Waals surface area contributed by atoms with Gasteiger partial charge in [-0.3, -0.25) is 14.2 Å². The molecule has 1 aromatic carbocycles. The largest absolute Gasteiger partial charge is 0.481 e. The molecule has 2 heterocycles. The molecule has 3 rings (SSSR count). The number of hydrogen-bond acceptors (Lipinski definition) is 4. The summed E-state index contributed by atoms with van der Waals surface area (Å²) in [5.41, 5.74) is 3.02. The fraction of sp³-hybridized carbons (Fsp3) is 0.176. The van der Waals surface area contributed by atoms with Crippen LogP contribution in [0.3, 0.4) is 0 Å². The van der Waals surface area contributed by atoms with Gasteiger partial charge in [-0.05, 0) is 24.1 Å². The zero-order valence-electron chi connectivity index (χ0n) is 12.8. The van der Waals surface area contributed by atoms with E-state index in [9.17, 15) is 9.59 Å². The van der Waals surface area contributed by atoms with E-state index in [2.05, 4.69) is 9.97 Å². The third-order valence-corrected chi connectivity index (χ3v) is 3.68. The van der Waals surface area contributed by atoms with Crippen molar-refractivity contribution in [2.75, 3.05) is 0 Å². The number of carboxylic acids is 1. The lowest BCUT2D eigenvalue weighted by atomic mass is 10.0. The van der Waals surface area contributed by atoms with Crippen molar-refractivity contribution in [1.29, 1.82) is 0 Å². The highest BCUT2D eigenvalue weighted by Crippen LogP contribution is 2.27. The lowest BCUT2D eigenvalue weighted by Gasteiger charge is -2.04. The second-order valence-corrected chi connectivity index (χ2v) is 5.36. The molecular weight excluding hydrogens is 294 g/mol. The van der Waals surface area contributed by atoms with Crippen LogP contribution in [0.2, 0.25) is 0 Å². The first-order valence-corrected chi connectivity index (χ1v) is 7.11. The normalized spacial score (nSPS) is 10.9. The van der Waals surface area contributed by atoms with Gasteiger partial charge in [0.15, 0.2) is 0 Å². The molecule has 0 atom stereocenters. The Bertz CT molecular complexity index is 911. The molecule has 0 aliphatic rings. The van der Waals surface area contributed by atoms with Gasteiger partial charge in [-0.25, -0.2) is 9.97 Å². The van der Waals surface area contributed by atoms with Crippen LogP contribution in [-0.2, 0) is 11.2 Å². The van der Waals surface area contributed by atoms with Crippen LogP contribution in [0.5, 0.6) is 0 Å². The van der Waals surface area contributed by atoms with E-state index in [0.717, 1.165) is 16.5 Å². The van der Waals surface area contributed by atoms with E-state index >= 15 is 0 Å². The minimum atomic E-state index is -0.927. The van der Waals surface area contributed by atoms with E-state index in [1.807, 2.05) is 25.1 Å². The molecule has 3 aromatic rings. The Kier molecular flexibility index (Phi) is 3.65. The number of aromatic nitrogens is 3. The highest BCUT2D eigenvalue weighted by Gasteiger charge is 2.14. The molecule has 6 heteroatoms. The first kappa shape index (κ1) is 14.9. The second kappa shape index (κ2) is 5.64. The standard InChI is InChI=1S/C17H15N3O3/c1-10-18-7-14(8-19-10)12-3-4-15-13(6-17(22)23)9-20(11(2)21)16(15)5-12/h3-5,7-9H,6H2,1-2H3,(H,22,23). The Hall–Kier alpha value is -3.02. The number of carboxylic acid groups (broad SMARTS) is 1. The second-order valence-electron chi connectivity index (χ2n) is 5.36. The SMILES string of the molecule is CC(=O)n1cc(CC(=O)O)c2ccc(-c3cnc(C)nc3)cc21. The average Bonchev–Trinajstić information content (AvgIpc) is 2.85. The van der Waals surface area contributed by atoms with Crippen molar-refractivity contribution in [1.82, 2.24) is 14.5 Å². The van der Waals surface area contributed by atoms with Crippen LogP contribution < -0.4 is 0 Å². The maximum absolute atomic E-state index is 11.8. The van der Waals surface area contributed by atoms with Gasteiger partial charge in [-0.2, -0.15) is 0 Å². The fourth-order valence-corrected chi connectivity index (χ4v) is 2.58. The van der Waals surface area contributed by atoms with Crippen molar-refractivity contribution in [3.8, 4) is 11.1 Å². The van der Waals surface area contributed by atoms with Crippen LogP contribution in [0.15, 0.2) is 36.8 Å². The van der Waals surface area contributed by atoms with Gasteiger partial charge in [0.05, 0.1) is 11.9 Å². The molecule has 0 unspecified atom stereocenters. The number of benzene rings is 1. The third-order valence-electron chi connectivity index (χ3n) is 3.68. The molecule has 23 heavy (non-hydrogen) atoms. The molecule has 1 N–H and O–H groups in total. The van der Waals surface area contributed by atoms with Gasteiger partial charge in [0.2, 0.25) is 5.91 Å². The number of carbonyl (C=O) groups is 2. The number of nitrogens with zero attached hydrogens (tertiary/aromatic N) is 3. The fourth-order valence-electron chi connectivity index (χ4n) is 2.58. The summed E-state index contributed by atoms with van der Waals surface area (Å²) in [6.45, 7) is 3.26. The molecule has 0 bridgehead atoms. The van der Waals surface area contributed by atoms with Crippen LogP contribution >= 0.6 is 0 Å². The molecule has 0 saturated heterocycles. The molecule has 0 radical (unpaired) electrons. The maximum atomic E-state index is 11.8. The van der Waals surface area contributed by atoms with Gasteiger partial charge in [-0.1, -0.05) is 12.1 Å². The lowest BCUT2D eigenvalue weighted by molar-refractivity contribution is -0.136. The molecule has 0 saturated carbocycles. The molecular formula is C17H15N3O3. The zero-order chi connectivity index (χ0) is 16.6. The Morgan fingerprint density at radius 1 is 1.17 bits per heavy atom. The monoisotopic (exact) mass is 309 g/mol. The molecule has 0 aliphatic heterocycles. The number of aliphatic carboxylic acids is 1. The summed E-state index contributed by atoms with van der Waals surface area (Å²) in [5, 5.41) is 9.79. The zero-order valence-corrected chi connectivity index (χ0v) is 12.8. The summed E-state index contributed by atoms with van der Waals surface area (Å²) in [7, 11) is 0. The summed E-state index contributed by atoms with van der Waals surface area (Å²) < 4.78 is 1.48. The van der Waals surface area contributed by atoms with Gasteiger partial charge < -0.3 is 5.11 Å². The number of rotatable bonds is 3. The average molecular weight is 309 g/mol. The van der Waals surface area contributed by atoms with Crippen molar-refractivity contribution in [2.45, 2.75) is 20.3 Å². The van der Waals surface area contributed by atoms with E-state index in [0.29, 0.717) is 16.9 Å². The minimum absolute atomic E-state index is 0.121. The van der Waals surface area contributed by atoms with Crippen molar-refractivity contribution < 1.29 is 14.7 Å². The Morgan fingerprint density at radius 3 is 2.48 bits per heavy atom. The van der Waals surface area contributed by atoms with Gasteiger partial charge in [0, 0.05) is 36.5 Å². The van der Waals surface area contributed by atoms with Crippen LogP contribution in [0.1, 0.15) is 23.1 Å². The summed E-state index contributed by atoms with van der Waals surface area (Å²) in [6.07, 6.45) is 4.92. The Morgan fingerprint density at radius 2 is 1.87 bits per heavy atom. The minimum Gasteiger partial charge on any atom is -0.481 e. The van der Waals surface area contributed by atoms with Crippen molar-refractivity contribution in [3.05, 3.63) is 48.2 Å². The van der Waals surface area contributed by atoms with Crippen molar-refractivity contribution in [3.63, 3.8) is 0 Å². The van der Waals surface area contributed by atoms with E-state index in [1.54, 1.807) is 18.6 Å². The third kappa shape index (κ3) is 2.83. The smallest absolute Gasteiger partial charge is 0.307 e. The summed E-state index contributed by atoms with van der Waals surface area (Å²) in [4.78, 5) is 31.2. The summed E-state index contributed by atoms with van der Waals surface area (Å²) >= 11 is 0. The molecule has 0 fully saturated rings. The van der Waals surface area contributed by atoms with Crippen LogP contribution in [0.25, 0.3) is 22.0 Å². The first-order valence-electron chi connectivity index (χ1n) is 7.11. The Labute approximate surface area is 132 Å². The molecule has 0 spiro atoms. The van der Waals surface area contributed by atoms with E-state index in [-0.39, 0.29) is 12.3 Å². The van der Waals surface area contributed by atoms with Crippen LogP contribution in [0.4, 0.5) is 0 Å². The number of carbonyl (C=O) groups excluding carboxylic acids is 1. The predicted molar refractivity (Wildman–Crippen MR) is 85.3 cm³/mol. The van der Waals surface area contributed by atoms with E-state index < -0.39 is 5.97 Å². The van der Waals surface area contributed by atoms with Gasteiger partial charge >= 0.3 is 5.97 Å². The maximum Gasteiger partial charge on any atom is 0.307 e. The van der Waals surface area contributed by atoms with Crippen molar-refractivity contribution >= 4 is 22.8 Å². The summed E-state index contributed by atoms with van der Waals surface area (Å²) in [6, 6.07) is 5.57. The highest BCUT2D eigenvalue weighted by atomic mass is 16.4. The van der Waals surface area contributed by atoms with Gasteiger partial charge in [-0.15, -0.1) is 0 Å². The quantitative estimate of drug-likeness (QED) is 0.804. The van der Waals surface area contributed by atoms with Gasteiger partial charge in [0.25, 0.3) is 0 Å². The van der Waals surface area contributed by atoms with E-state index in [4.69, 9.17) is 5.11 Å². The topological polar surface area (TPSA) is 85.1 Å². The number of fused-ring (bicyclic) bond motifs is 1.